The molecule has 0 amide bonds. The summed E-state index contributed by atoms with van der Waals surface area (Å²) in [7, 11) is 4.14. The van der Waals surface area contributed by atoms with Crippen molar-refractivity contribution in [2.75, 3.05) is 19.0 Å². The normalized spacial score (nSPS) is 22.8. The predicted molar refractivity (Wildman–Crippen MR) is 82.4 cm³/mol. The Balaban J connectivity index is 2.15. The van der Waals surface area contributed by atoms with E-state index >= 15 is 0 Å². The quantitative estimate of drug-likeness (QED) is 0.928. The van der Waals surface area contributed by atoms with Gasteiger partial charge in [0.1, 0.15) is 6.07 Å². The predicted octanol–water partition coefficient (Wildman–Crippen LogP) is 3.29. The van der Waals surface area contributed by atoms with Gasteiger partial charge in [-0.2, -0.15) is 5.26 Å². The van der Waals surface area contributed by atoms with E-state index in [1.165, 1.54) is 25.7 Å². The fraction of sp³-hybridized carbons (Fsp3) is 0.533. The molecule has 0 heterocycles. The third-order valence-corrected chi connectivity index (χ3v) is 4.80. The highest BCUT2D eigenvalue weighted by Gasteiger charge is 2.24. The summed E-state index contributed by atoms with van der Waals surface area (Å²) in [5.74, 6) is 0. The third kappa shape index (κ3) is 3.10. The van der Waals surface area contributed by atoms with E-state index in [0.717, 1.165) is 15.7 Å². The SMILES string of the molecule is CNC1CCC(N(C)c2cccc(Br)c2C#N)CC1. The highest BCUT2D eigenvalue weighted by atomic mass is 79.9. The molecule has 1 N–H and O–H groups in total. The number of hydrogen-bond donors (Lipinski definition) is 1. The van der Waals surface area contributed by atoms with Crippen LogP contribution in [-0.2, 0) is 0 Å². The van der Waals surface area contributed by atoms with Gasteiger partial charge >= 0.3 is 0 Å². The van der Waals surface area contributed by atoms with E-state index in [1.54, 1.807) is 0 Å². The molecule has 1 fully saturated rings. The molecule has 0 spiro atoms. The Kier molecular flexibility index (Phi) is 4.84. The smallest absolute Gasteiger partial charge is 0.103 e. The molecule has 2 rings (SSSR count). The Morgan fingerprint density at radius 3 is 2.58 bits per heavy atom. The highest BCUT2D eigenvalue weighted by molar-refractivity contribution is 9.10. The molecule has 1 aromatic carbocycles. The van der Waals surface area contributed by atoms with E-state index in [0.29, 0.717) is 12.1 Å². The second-order valence-electron chi connectivity index (χ2n) is 5.15. The first-order valence-corrected chi connectivity index (χ1v) is 7.55. The van der Waals surface area contributed by atoms with Crippen molar-refractivity contribution >= 4 is 21.6 Å². The van der Waals surface area contributed by atoms with Crippen LogP contribution in [0.3, 0.4) is 0 Å². The Labute approximate surface area is 123 Å². The van der Waals surface area contributed by atoms with E-state index in [-0.39, 0.29) is 0 Å². The number of nitrogens with zero attached hydrogens (tertiary/aromatic N) is 2. The molecule has 1 aromatic rings. The highest BCUT2D eigenvalue weighted by Crippen LogP contribution is 2.31. The number of nitriles is 1. The van der Waals surface area contributed by atoms with Crippen molar-refractivity contribution in [3.05, 3.63) is 28.2 Å². The largest absolute Gasteiger partial charge is 0.371 e. The first-order chi connectivity index (χ1) is 9.17. The minimum atomic E-state index is 0.533. The summed E-state index contributed by atoms with van der Waals surface area (Å²) in [4.78, 5) is 2.27. The second kappa shape index (κ2) is 6.40. The molecule has 0 bridgehead atoms. The molecule has 0 atom stereocenters. The topological polar surface area (TPSA) is 39.1 Å². The van der Waals surface area contributed by atoms with Crippen LogP contribution in [0.25, 0.3) is 0 Å². The van der Waals surface area contributed by atoms with Crippen LogP contribution in [-0.4, -0.2) is 26.2 Å². The van der Waals surface area contributed by atoms with Crippen LogP contribution in [0.5, 0.6) is 0 Å². The first-order valence-electron chi connectivity index (χ1n) is 6.76. The lowest BCUT2D eigenvalue weighted by molar-refractivity contribution is 0.351. The summed E-state index contributed by atoms with van der Waals surface area (Å²) >= 11 is 3.46. The van der Waals surface area contributed by atoms with Crippen molar-refractivity contribution in [2.45, 2.75) is 37.8 Å². The van der Waals surface area contributed by atoms with Gasteiger partial charge in [0.25, 0.3) is 0 Å². The lowest BCUT2D eigenvalue weighted by Crippen LogP contribution is -2.40. The summed E-state index contributed by atoms with van der Waals surface area (Å²) < 4.78 is 0.878. The minimum absolute atomic E-state index is 0.533. The van der Waals surface area contributed by atoms with E-state index in [2.05, 4.69) is 39.3 Å². The molecule has 4 heteroatoms. The molecule has 102 valence electrons. The summed E-state index contributed by atoms with van der Waals surface area (Å²) in [5, 5.41) is 12.7. The molecule has 19 heavy (non-hydrogen) atoms. The molecular formula is C15H20BrN3. The van der Waals surface area contributed by atoms with Gasteiger partial charge in [-0.05, 0) is 60.8 Å². The maximum atomic E-state index is 9.31. The Hall–Kier alpha value is -1.05. The standard InChI is InChI=1S/C15H20BrN3/c1-18-11-6-8-12(9-7-11)19(2)15-5-3-4-14(16)13(15)10-17/h3-5,11-12,18H,6-9H2,1-2H3. The van der Waals surface area contributed by atoms with E-state index in [4.69, 9.17) is 0 Å². The zero-order valence-corrected chi connectivity index (χ0v) is 13.1. The third-order valence-electron chi connectivity index (χ3n) is 4.14. The van der Waals surface area contributed by atoms with Crippen LogP contribution in [0, 0.1) is 11.3 Å². The van der Waals surface area contributed by atoms with Crippen LogP contribution in [0.1, 0.15) is 31.2 Å². The molecule has 0 saturated heterocycles. The molecule has 3 nitrogen and oxygen atoms in total. The Bertz CT molecular complexity index is 473. The van der Waals surface area contributed by atoms with Crippen molar-refractivity contribution in [3.63, 3.8) is 0 Å². The number of nitrogens with one attached hydrogen (secondary N) is 1. The second-order valence-corrected chi connectivity index (χ2v) is 6.01. The van der Waals surface area contributed by atoms with Gasteiger partial charge < -0.3 is 10.2 Å². The minimum Gasteiger partial charge on any atom is -0.371 e. The molecule has 0 unspecified atom stereocenters. The van der Waals surface area contributed by atoms with Crippen molar-refractivity contribution in [2.24, 2.45) is 0 Å². The Morgan fingerprint density at radius 2 is 2.00 bits per heavy atom. The van der Waals surface area contributed by atoms with Crippen LogP contribution in [0.2, 0.25) is 0 Å². The molecule has 0 aromatic heterocycles. The number of benzene rings is 1. The lowest BCUT2D eigenvalue weighted by atomic mass is 9.90. The average molecular weight is 322 g/mol. The van der Waals surface area contributed by atoms with Crippen molar-refractivity contribution in [3.8, 4) is 6.07 Å². The van der Waals surface area contributed by atoms with Gasteiger partial charge in [-0.25, -0.2) is 0 Å². The number of anilines is 1. The number of halogens is 1. The van der Waals surface area contributed by atoms with Gasteiger partial charge in [0.2, 0.25) is 0 Å². The summed E-state index contributed by atoms with van der Waals surface area (Å²) in [6, 6.07) is 9.45. The van der Waals surface area contributed by atoms with Crippen molar-refractivity contribution < 1.29 is 0 Å². The molecule has 0 aliphatic heterocycles. The van der Waals surface area contributed by atoms with Gasteiger partial charge in [0, 0.05) is 23.6 Å². The molecule has 1 aliphatic carbocycles. The lowest BCUT2D eigenvalue weighted by Gasteiger charge is -2.36. The summed E-state index contributed by atoms with van der Waals surface area (Å²) in [6.45, 7) is 0. The van der Waals surface area contributed by atoms with Gasteiger partial charge in [-0.3, -0.25) is 0 Å². The average Bonchev–Trinajstić information content (AvgIpc) is 2.46. The monoisotopic (exact) mass is 321 g/mol. The van der Waals surface area contributed by atoms with Crippen molar-refractivity contribution in [1.29, 1.82) is 5.26 Å². The fourth-order valence-electron chi connectivity index (χ4n) is 2.87. The van der Waals surface area contributed by atoms with Crippen LogP contribution < -0.4 is 10.2 Å². The summed E-state index contributed by atoms with van der Waals surface area (Å²) in [6.07, 6.45) is 4.78. The molecule has 1 aliphatic rings. The molecule has 1 saturated carbocycles. The van der Waals surface area contributed by atoms with Crippen LogP contribution >= 0.6 is 15.9 Å². The summed E-state index contributed by atoms with van der Waals surface area (Å²) in [5.41, 5.74) is 1.77. The zero-order chi connectivity index (χ0) is 13.8. The zero-order valence-electron chi connectivity index (χ0n) is 11.5. The van der Waals surface area contributed by atoms with Gasteiger partial charge in [-0.1, -0.05) is 6.07 Å². The van der Waals surface area contributed by atoms with Crippen LogP contribution in [0.4, 0.5) is 5.69 Å². The maximum absolute atomic E-state index is 9.31. The van der Waals surface area contributed by atoms with Gasteiger partial charge in [0.05, 0.1) is 11.3 Å². The molecular weight excluding hydrogens is 302 g/mol. The van der Waals surface area contributed by atoms with E-state index in [9.17, 15) is 5.26 Å². The van der Waals surface area contributed by atoms with Crippen LogP contribution in [0.15, 0.2) is 22.7 Å². The maximum Gasteiger partial charge on any atom is 0.103 e. The van der Waals surface area contributed by atoms with E-state index < -0.39 is 0 Å². The number of hydrogen-bond acceptors (Lipinski definition) is 3. The van der Waals surface area contributed by atoms with Gasteiger partial charge in [-0.15, -0.1) is 0 Å². The fourth-order valence-corrected chi connectivity index (χ4v) is 3.31. The number of rotatable bonds is 3. The molecule has 0 radical (unpaired) electrons. The first kappa shape index (κ1) is 14.4. The van der Waals surface area contributed by atoms with E-state index in [1.807, 2.05) is 25.2 Å². The Morgan fingerprint density at radius 1 is 1.32 bits per heavy atom. The van der Waals surface area contributed by atoms with Crippen molar-refractivity contribution in [1.82, 2.24) is 5.32 Å². The van der Waals surface area contributed by atoms with Gasteiger partial charge in [0.15, 0.2) is 0 Å².